The molecular weight excluding hydrogens is 424 g/mol. The van der Waals surface area contributed by atoms with Gasteiger partial charge in [-0.25, -0.2) is 0 Å². The Kier molecular flexibility index (Phi) is 6.54. The Labute approximate surface area is 167 Å². The van der Waals surface area contributed by atoms with Crippen LogP contribution >= 0.6 is 11.6 Å². The first-order valence-electron chi connectivity index (χ1n) is 8.34. The molecule has 158 valence electrons. The summed E-state index contributed by atoms with van der Waals surface area (Å²) in [6, 6.07) is 10.2. The topological polar surface area (TPSA) is 49.3 Å². The zero-order chi connectivity index (χ0) is 22.0. The zero-order valence-electron chi connectivity index (χ0n) is 14.9. The maximum Gasteiger partial charge on any atom is 0.430 e. The van der Waals surface area contributed by atoms with E-state index in [0.29, 0.717) is 24.1 Å². The van der Waals surface area contributed by atoms with Crippen molar-refractivity contribution in [1.29, 1.82) is 0 Å². The molecule has 0 spiro atoms. The first kappa shape index (κ1) is 23.0. The summed E-state index contributed by atoms with van der Waals surface area (Å²) in [6.45, 7) is 1.74. The van der Waals surface area contributed by atoms with Gasteiger partial charge in [0.1, 0.15) is 0 Å². The van der Waals surface area contributed by atoms with Crippen LogP contribution in [-0.4, -0.2) is 23.4 Å². The predicted octanol–water partition coefficient (Wildman–Crippen LogP) is 5.78. The van der Waals surface area contributed by atoms with Gasteiger partial charge in [0.05, 0.1) is 16.6 Å². The van der Waals surface area contributed by atoms with Gasteiger partial charge in [-0.15, -0.1) is 0 Å². The van der Waals surface area contributed by atoms with Gasteiger partial charge >= 0.3 is 12.4 Å². The summed E-state index contributed by atoms with van der Waals surface area (Å²) < 4.78 is 77.9. The van der Waals surface area contributed by atoms with Gasteiger partial charge in [-0.2, -0.15) is 26.3 Å². The molecular formula is C19H16ClF6NO2. The van der Waals surface area contributed by atoms with Crippen molar-refractivity contribution in [3.8, 4) is 0 Å². The molecule has 0 fully saturated rings. The van der Waals surface area contributed by atoms with E-state index in [0.717, 1.165) is 6.07 Å². The van der Waals surface area contributed by atoms with Crippen molar-refractivity contribution in [1.82, 2.24) is 0 Å². The van der Waals surface area contributed by atoms with E-state index in [1.807, 2.05) is 0 Å². The van der Waals surface area contributed by atoms with Crippen LogP contribution in [0.1, 0.15) is 30.4 Å². The fraction of sp³-hybridized carbons (Fsp3) is 0.316. The van der Waals surface area contributed by atoms with E-state index in [1.54, 1.807) is 37.3 Å². The molecule has 0 bridgehead atoms. The molecule has 1 atom stereocenters. The summed E-state index contributed by atoms with van der Waals surface area (Å²) >= 11 is 5.81. The van der Waals surface area contributed by atoms with Gasteiger partial charge in [0.2, 0.25) is 5.91 Å². The smallest absolute Gasteiger partial charge is 0.369 e. The Hall–Kier alpha value is -2.26. The molecule has 2 aromatic carbocycles. The molecule has 0 aliphatic carbocycles. The lowest BCUT2D eigenvalue weighted by Gasteiger charge is -2.32. The van der Waals surface area contributed by atoms with Crippen LogP contribution in [0.3, 0.4) is 0 Å². The minimum absolute atomic E-state index is 0.179. The molecule has 0 heterocycles. The van der Waals surface area contributed by atoms with Gasteiger partial charge in [-0.1, -0.05) is 54.9 Å². The van der Waals surface area contributed by atoms with Crippen LogP contribution < -0.4 is 5.32 Å². The SMILES string of the molecule is CCC(C(=O)Nc1ccc(C(O)(C(F)(F)F)C(F)(F)F)cc1Cl)c1ccccc1. The molecule has 2 N–H and O–H groups in total. The highest BCUT2D eigenvalue weighted by Gasteiger charge is 2.71. The van der Waals surface area contributed by atoms with Gasteiger partial charge in [0.15, 0.2) is 0 Å². The van der Waals surface area contributed by atoms with Crippen molar-refractivity contribution in [2.45, 2.75) is 37.2 Å². The number of amides is 1. The van der Waals surface area contributed by atoms with Gasteiger partial charge in [-0.05, 0) is 24.1 Å². The minimum Gasteiger partial charge on any atom is -0.369 e. The van der Waals surface area contributed by atoms with Crippen molar-refractivity contribution in [3.05, 3.63) is 64.7 Å². The minimum atomic E-state index is -6.03. The fourth-order valence-corrected chi connectivity index (χ4v) is 3.04. The molecule has 0 aromatic heterocycles. The molecule has 1 amide bonds. The number of anilines is 1. The van der Waals surface area contributed by atoms with E-state index < -0.39 is 40.4 Å². The normalized spacial score (nSPS) is 13.8. The lowest BCUT2D eigenvalue weighted by molar-refractivity contribution is -0.376. The third-order valence-electron chi connectivity index (χ3n) is 4.39. The highest BCUT2D eigenvalue weighted by molar-refractivity contribution is 6.33. The zero-order valence-corrected chi connectivity index (χ0v) is 15.7. The summed E-state index contributed by atoms with van der Waals surface area (Å²) in [5.74, 6) is -1.13. The molecule has 1 unspecified atom stereocenters. The Morgan fingerprint density at radius 1 is 1.03 bits per heavy atom. The van der Waals surface area contributed by atoms with Gasteiger partial charge < -0.3 is 10.4 Å². The molecule has 0 radical (unpaired) electrons. The highest BCUT2D eigenvalue weighted by Crippen LogP contribution is 2.50. The van der Waals surface area contributed by atoms with Crippen LogP contribution in [0.15, 0.2) is 48.5 Å². The molecule has 2 rings (SSSR count). The summed E-state index contributed by atoms with van der Waals surface area (Å²) in [5.41, 5.74) is -6.09. The Morgan fingerprint density at radius 3 is 2.03 bits per heavy atom. The van der Waals surface area contributed by atoms with Crippen LogP contribution in [0.2, 0.25) is 5.02 Å². The molecule has 10 heteroatoms. The fourth-order valence-electron chi connectivity index (χ4n) is 2.81. The summed E-state index contributed by atoms with van der Waals surface area (Å²) in [5, 5.41) is 11.3. The van der Waals surface area contributed by atoms with Gasteiger partial charge in [0, 0.05) is 5.56 Å². The van der Waals surface area contributed by atoms with Crippen molar-refractivity contribution in [2.24, 2.45) is 0 Å². The van der Waals surface area contributed by atoms with Crippen LogP contribution in [0.4, 0.5) is 32.0 Å². The summed E-state index contributed by atoms with van der Waals surface area (Å²) in [7, 11) is 0. The summed E-state index contributed by atoms with van der Waals surface area (Å²) in [4.78, 5) is 12.5. The lowest BCUT2D eigenvalue weighted by Crippen LogP contribution is -2.53. The highest BCUT2D eigenvalue weighted by atomic mass is 35.5. The molecule has 0 saturated heterocycles. The quantitative estimate of drug-likeness (QED) is 0.580. The average Bonchev–Trinajstić information content (AvgIpc) is 2.62. The van der Waals surface area contributed by atoms with Crippen molar-refractivity contribution in [2.75, 3.05) is 5.32 Å². The molecule has 3 nitrogen and oxygen atoms in total. The first-order chi connectivity index (χ1) is 13.3. The standard InChI is InChI=1S/C19H16ClF6NO2/c1-2-13(11-6-4-3-5-7-11)16(28)27-15-9-8-12(10-14(15)20)17(29,18(21,22)23)19(24,25)26/h3-10,13,29H,2H2,1H3,(H,27,28). The van der Waals surface area contributed by atoms with Crippen LogP contribution in [0.5, 0.6) is 0 Å². The monoisotopic (exact) mass is 439 g/mol. The number of aliphatic hydroxyl groups is 1. The number of halogens is 7. The van der Waals surface area contributed by atoms with E-state index in [1.165, 1.54) is 0 Å². The largest absolute Gasteiger partial charge is 0.430 e. The number of benzene rings is 2. The Balaban J connectivity index is 2.35. The third-order valence-corrected chi connectivity index (χ3v) is 4.70. The number of carbonyl (C=O) groups is 1. The summed E-state index contributed by atoms with van der Waals surface area (Å²) in [6.07, 6.45) is -11.7. The second-order valence-electron chi connectivity index (χ2n) is 6.26. The number of alkyl halides is 6. The Bertz CT molecular complexity index is 853. The molecule has 0 saturated carbocycles. The number of nitrogens with one attached hydrogen (secondary N) is 1. The number of hydrogen-bond donors (Lipinski definition) is 2. The average molecular weight is 440 g/mol. The van der Waals surface area contributed by atoms with Crippen LogP contribution in [0.25, 0.3) is 0 Å². The Morgan fingerprint density at radius 2 is 1.59 bits per heavy atom. The predicted molar refractivity (Wildman–Crippen MR) is 95.6 cm³/mol. The maximum atomic E-state index is 13.0. The molecule has 0 aliphatic heterocycles. The molecule has 29 heavy (non-hydrogen) atoms. The van der Waals surface area contributed by atoms with E-state index in [4.69, 9.17) is 11.6 Å². The number of rotatable bonds is 5. The lowest BCUT2D eigenvalue weighted by atomic mass is 9.92. The van der Waals surface area contributed by atoms with Gasteiger partial charge in [0.25, 0.3) is 5.60 Å². The van der Waals surface area contributed by atoms with Crippen molar-refractivity contribution >= 4 is 23.2 Å². The number of carbonyl (C=O) groups excluding carboxylic acids is 1. The second-order valence-corrected chi connectivity index (χ2v) is 6.67. The number of hydrogen-bond acceptors (Lipinski definition) is 2. The molecule has 0 aliphatic rings. The van der Waals surface area contributed by atoms with E-state index in [2.05, 4.69) is 5.32 Å². The van der Waals surface area contributed by atoms with Crippen LogP contribution in [-0.2, 0) is 10.4 Å². The maximum absolute atomic E-state index is 13.0. The van der Waals surface area contributed by atoms with E-state index >= 15 is 0 Å². The van der Waals surface area contributed by atoms with E-state index in [-0.39, 0.29) is 5.69 Å². The van der Waals surface area contributed by atoms with Gasteiger partial charge in [-0.3, -0.25) is 4.79 Å². The van der Waals surface area contributed by atoms with Crippen molar-refractivity contribution < 1.29 is 36.2 Å². The van der Waals surface area contributed by atoms with Crippen molar-refractivity contribution in [3.63, 3.8) is 0 Å². The second kappa shape index (κ2) is 8.23. The van der Waals surface area contributed by atoms with Crippen LogP contribution in [0, 0.1) is 0 Å². The third kappa shape index (κ3) is 4.51. The molecule has 2 aromatic rings. The van der Waals surface area contributed by atoms with E-state index in [9.17, 15) is 36.2 Å². The first-order valence-corrected chi connectivity index (χ1v) is 8.72.